The fourth-order valence-electron chi connectivity index (χ4n) is 2.00. The van der Waals surface area contributed by atoms with Gasteiger partial charge in [-0.05, 0) is 42.5 Å². The van der Waals surface area contributed by atoms with Gasteiger partial charge in [0.15, 0.2) is 0 Å². The van der Waals surface area contributed by atoms with E-state index in [4.69, 9.17) is 9.68 Å². The molecule has 23 heavy (non-hydrogen) atoms. The lowest BCUT2D eigenvalue weighted by Crippen LogP contribution is -2.22. The van der Waals surface area contributed by atoms with E-state index >= 15 is 0 Å². The average molecular weight is 344 g/mol. The highest BCUT2D eigenvalue weighted by molar-refractivity contribution is 7.89. The lowest BCUT2D eigenvalue weighted by Gasteiger charge is -2.05. The maximum absolute atomic E-state index is 12.2. The van der Waals surface area contributed by atoms with E-state index in [1.165, 1.54) is 35.6 Å². The lowest BCUT2D eigenvalue weighted by atomic mass is 10.2. The molecule has 3 rings (SSSR count). The van der Waals surface area contributed by atoms with Gasteiger partial charge in [-0.15, -0.1) is 11.3 Å². The van der Waals surface area contributed by atoms with E-state index < -0.39 is 10.0 Å². The van der Waals surface area contributed by atoms with Gasteiger partial charge in [0.25, 0.3) is 0 Å². The Morgan fingerprint density at radius 3 is 2.65 bits per heavy atom. The minimum Gasteiger partial charge on any atom is -0.464 e. The summed E-state index contributed by atoms with van der Waals surface area (Å²) in [6.45, 7) is 0.202. The lowest BCUT2D eigenvalue weighted by molar-refractivity contribution is 0.581. The Balaban J connectivity index is 1.70. The number of nitrogens with zero attached hydrogens (tertiary/aromatic N) is 1. The first-order valence-electron chi connectivity index (χ1n) is 6.69. The van der Waals surface area contributed by atoms with Gasteiger partial charge in [0.05, 0.1) is 22.8 Å². The van der Waals surface area contributed by atoms with Crippen molar-refractivity contribution in [3.8, 4) is 17.4 Å². The van der Waals surface area contributed by atoms with Gasteiger partial charge < -0.3 is 4.42 Å². The second-order valence-corrected chi connectivity index (χ2v) is 7.50. The van der Waals surface area contributed by atoms with Crippen molar-refractivity contribution in [3.63, 3.8) is 0 Å². The molecular weight excluding hydrogens is 332 g/mol. The standard InChI is InChI=1S/C16H12N2O3S2/c17-9-12-3-5-15(6-4-12)23(19,20)18-10-14-8-13(11-22-14)16-2-1-7-21-16/h1-8,11,18H,10H2. The molecular formula is C16H12N2O3S2. The largest absolute Gasteiger partial charge is 0.464 e. The summed E-state index contributed by atoms with van der Waals surface area (Å²) in [5, 5.41) is 10.7. The molecule has 0 bridgehead atoms. The molecule has 0 saturated carbocycles. The van der Waals surface area contributed by atoms with Crippen molar-refractivity contribution in [1.29, 1.82) is 5.26 Å². The van der Waals surface area contributed by atoms with Crippen molar-refractivity contribution >= 4 is 21.4 Å². The second-order valence-electron chi connectivity index (χ2n) is 4.74. The Bertz CT molecular complexity index is 934. The van der Waals surface area contributed by atoms with E-state index in [2.05, 4.69) is 4.72 Å². The van der Waals surface area contributed by atoms with Crippen molar-refractivity contribution < 1.29 is 12.8 Å². The summed E-state index contributed by atoms with van der Waals surface area (Å²) in [7, 11) is -3.60. The highest BCUT2D eigenvalue weighted by Crippen LogP contribution is 2.26. The van der Waals surface area contributed by atoms with Gasteiger partial charge in [-0.2, -0.15) is 5.26 Å². The number of nitrogens with one attached hydrogen (secondary N) is 1. The predicted molar refractivity (Wildman–Crippen MR) is 87.2 cm³/mol. The van der Waals surface area contributed by atoms with Crippen LogP contribution in [0.2, 0.25) is 0 Å². The summed E-state index contributed by atoms with van der Waals surface area (Å²) < 4.78 is 32.3. The van der Waals surface area contributed by atoms with E-state index in [1.807, 2.05) is 23.6 Å². The predicted octanol–water partition coefficient (Wildman–Crippen LogP) is 3.36. The Kier molecular flexibility index (Phi) is 4.30. The number of thiophene rings is 1. The van der Waals surface area contributed by atoms with E-state index in [9.17, 15) is 8.42 Å². The van der Waals surface area contributed by atoms with Crippen LogP contribution in [0.3, 0.4) is 0 Å². The molecule has 0 atom stereocenters. The van der Waals surface area contributed by atoms with Crippen molar-refractivity contribution in [3.05, 3.63) is 64.5 Å². The first-order valence-corrected chi connectivity index (χ1v) is 9.06. The fraction of sp³-hybridized carbons (Fsp3) is 0.0625. The second kappa shape index (κ2) is 6.38. The molecule has 0 fully saturated rings. The van der Waals surface area contributed by atoms with Gasteiger partial charge in [0, 0.05) is 22.4 Å². The van der Waals surface area contributed by atoms with Crippen LogP contribution in [0.4, 0.5) is 0 Å². The van der Waals surface area contributed by atoms with Crippen LogP contribution >= 0.6 is 11.3 Å². The number of sulfonamides is 1. The molecule has 116 valence electrons. The molecule has 0 aliphatic carbocycles. The SMILES string of the molecule is N#Cc1ccc(S(=O)(=O)NCc2cc(-c3ccco3)cs2)cc1. The molecule has 0 saturated heterocycles. The average Bonchev–Trinajstić information content (AvgIpc) is 3.24. The van der Waals surface area contributed by atoms with Crippen LogP contribution in [-0.2, 0) is 16.6 Å². The van der Waals surface area contributed by atoms with Gasteiger partial charge in [0.2, 0.25) is 10.0 Å². The molecule has 2 heterocycles. The third-order valence-electron chi connectivity index (χ3n) is 3.19. The minimum atomic E-state index is -3.60. The molecule has 0 aliphatic rings. The van der Waals surface area contributed by atoms with Gasteiger partial charge in [-0.25, -0.2) is 13.1 Å². The van der Waals surface area contributed by atoms with Crippen LogP contribution < -0.4 is 4.72 Å². The maximum atomic E-state index is 12.2. The van der Waals surface area contributed by atoms with Gasteiger partial charge in [-0.1, -0.05) is 0 Å². The smallest absolute Gasteiger partial charge is 0.240 e. The number of nitriles is 1. The van der Waals surface area contributed by atoms with E-state index in [0.29, 0.717) is 5.56 Å². The molecule has 7 heteroatoms. The zero-order chi connectivity index (χ0) is 16.3. The minimum absolute atomic E-state index is 0.138. The van der Waals surface area contributed by atoms with E-state index in [-0.39, 0.29) is 11.4 Å². The van der Waals surface area contributed by atoms with Crippen molar-refractivity contribution in [2.75, 3.05) is 0 Å². The third-order valence-corrected chi connectivity index (χ3v) is 5.54. The van der Waals surface area contributed by atoms with Crippen LogP contribution in [0.1, 0.15) is 10.4 Å². The maximum Gasteiger partial charge on any atom is 0.240 e. The molecule has 0 unspecified atom stereocenters. The number of hydrogen-bond acceptors (Lipinski definition) is 5. The zero-order valence-corrected chi connectivity index (χ0v) is 13.5. The van der Waals surface area contributed by atoms with Crippen molar-refractivity contribution in [2.24, 2.45) is 0 Å². The normalized spacial score (nSPS) is 11.3. The van der Waals surface area contributed by atoms with Crippen LogP contribution in [-0.4, -0.2) is 8.42 Å². The number of rotatable bonds is 5. The van der Waals surface area contributed by atoms with Crippen LogP contribution in [0, 0.1) is 11.3 Å². The fourth-order valence-corrected chi connectivity index (χ4v) is 3.91. The van der Waals surface area contributed by atoms with E-state index in [1.54, 1.807) is 12.3 Å². The van der Waals surface area contributed by atoms with Gasteiger partial charge >= 0.3 is 0 Å². The highest BCUT2D eigenvalue weighted by Gasteiger charge is 2.14. The van der Waals surface area contributed by atoms with E-state index in [0.717, 1.165) is 16.2 Å². The van der Waals surface area contributed by atoms with Gasteiger partial charge in [-0.3, -0.25) is 0 Å². The highest BCUT2D eigenvalue weighted by atomic mass is 32.2. The number of benzene rings is 1. The Morgan fingerprint density at radius 2 is 2.00 bits per heavy atom. The number of hydrogen-bond donors (Lipinski definition) is 1. The van der Waals surface area contributed by atoms with Crippen LogP contribution in [0.25, 0.3) is 11.3 Å². The summed E-state index contributed by atoms with van der Waals surface area (Å²) >= 11 is 1.46. The zero-order valence-electron chi connectivity index (χ0n) is 11.9. The Labute approximate surface area is 137 Å². The van der Waals surface area contributed by atoms with Gasteiger partial charge in [0.1, 0.15) is 5.76 Å². The van der Waals surface area contributed by atoms with Crippen LogP contribution in [0.15, 0.2) is 63.4 Å². The summed E-state index contributed by atoms with van der Waals surface area (Å²) in [6.07, 6.45) is 1.60. The molecule has 0 amide bonds. The summed E-state index contributed by atoms with van der Waals surface area (Å²) in [5.74, 6) is 0.752. The Hall–Kier alpha value is -2.40. The summed E-state index contributed by atoms with van der Waals surface area (Å²) in [6, 6.07) is 13.3. The molecule has 0 aliphatic heterocycles. The molecule has 0 spiro atoms. The number of furan rings is 1. The third kappa shape index (κ3) is 3.51. The Morgan fingerprint density at radius 1 is 1.22 bits per heavy atom. The topological polar surface area (TPSA) is 83.1 Å². The summed E-state index contributed by atoms with van der Waals surface area (Å²) in [4.78, 5) is 1.02. The monoisotopic (exact) mass is 344 g/mol. The quantitative estimate of drug-likeness (QED) is 0.769. The first-order chi connectivity index (χ1) is 11.1. The summed E-state index contributed by atoms with van der Waals surface area (Å²) in [5.41, 5.74) is 1.35. The first kappa shape index (κ1) is 15.5. The molecule has 3 aromatic rings. The molecule has 1 N–H and O–H groups in total. The van der Waals surface area contributed by atoms with Crippen molar-refractivity contribution in [2.45, 2.75) is 11.4 Å². The molecule has 0 radical (unpaired) electrons. The molecule has 2 aromatic heterocycles. The molecule has 5 nitrogen and oxygen atoms in total. The van der Waals surface area contributed by atoms with Crippen LogP contribution in [0.5, 0.6) is 0 Å². The van der Waals surface area contributed by atoms with Crippen molar-refractivity contribution in [1.82, 2.24) is 4.72 Å². The molecule has 1 aromatic carbocycles.